The number of hydrogen-bond donors (Lipinski definition) is 1. The molecule has 0 saturated carbocycles. The van der Waals surface area contributed by atoms with E-state index in [1.165, 1.54) is 18.1 Å². The van der Waals surface area contributed by atoms with Crippen LogP contribution in [0.3, 0.4) is 0 Å². The Hall–Kier alpha value is -2.24. The fourth-order valence-corrected chi connectivity index (χ4v) is 1.93. The van der Waals surface area contributed by atoms with Gasteiger partial charge in [0.2, 0.25) is 5.91 Å². The van der Waals surface area contributed by atoms with Crippen LogP contribution in [0, 0.1) is 12.7 Å². The van der Waals surface area contributed by atoms with Gasteiger partial charge in [0, 0.05) is 26.4 Å². The van der Waals surface area contributed by atoms with Gasteiger partial charge in [0.25, 0.3) is 5.91 Å². The van der Waals surface area contributed by atoms with Crippen molar-refractivity contribution in [1.82, 2.24) is 10.3 Å². The van der Waals surface area contributed by atoms with Crippen LogP contribution in [0.5, 0.6) is 0 Å². The standard InChI is InChI=1S/C14H16FN3O2/c1-9-7-10(3-4-11(9)15)8-16-14(20)12-5-6-13(19)18(2)17-12/h3-4,7H,5-6,8H2,1-2H3,(H,16,20). The van der Waals surface area contributed by atoms with Gasteiger partial charge in [-0.15, -0.1) is 0 Å². The molecule has 1 N–H and O–H groups in total. The molecule has 0 spiro atoms. The van der Waals surface area contributed by atoms with Crippen LogP contribution in [-0.4, -0.2) is 29.6 Å². The van der Waals surface area contributed by atoms with E-state index in [-0.39, 0.29) is 17.6 Å². The van der Waals surface area contributed by atoms with Crippen LogP contribution in [0.1, 0.15) is 24.0 Å². The van der Waals surface area contributed by atoms with Crippen LogP contribution in [0.2, 0.25) is 0 Å². The molecule has 0 bridgehead atoms. The smallest absolute Gasteiger partial charge is 0.267 e. The molecule has 1 aromatic rings. The maximum absolute atomic E-state index is 13.1. The first-order valence-corrected chi connectivity index (χ1v) is 6.34. The summed E-state index contributed by atoms with van der Waals surface area (Å²) in [4.78, 5) is 23.2. The molecule has 20 heavy (non-hydrogen) atoms. The fourth-order valence-electron chi connectivity index (χ4n) is 1.93. The number of hydrazone groups is 1. The van der Waals surface area contributed by atoms with Crippen LogP contribution in [-0.2, 0) is 16.1 Å². The first-order valence-electron chi connectivity index (χ1n) is 6.34. The quantitative estimate of drug-likeness (QED) is 0.906. The van der Waals surface area contributed by atoms with E-state index >= 15 is 0 Å². The molecule has 0 aromatic heterocycles. The molecule has 5 nitrogen and oxygen atoms in total. The van der Waals surface area contributed by atoms with Gasteiger partial charge in [-0.2, -0.15) is 5.10 Å². The zero-order valence-corrected chi connectivity index (χ0v) is 11.4. The van der Waals surface area contributed by atoms with E-state index in [0.29, 0.717) is 30.7 Å². The van der Waals surface area contributed by atoms with Gasteiger partial charge in [-0.05, 0) is 24.1 Å². The predicted octanol–water partition coefficient (Wildman–Crippen LogP) is 1.36. The molecule has 0 saturated heterocycles. The first-order chi connectivity index (χ1) is 9.47. The van der Waals surface area contributed by atoms with Gasteiger partial charge in [-0.1, -0.05) is 12.1 Å². The molecule has 0 fully saturated rings. The van der Waals surface area contributed by atoms with Crippen LogP contribution in [0.25, 0.3) is 0 Å². The van der Waals surface area contributed by atoms with Crippen molar-refractivity contribution in [3.8, 4) is 0 Å². The van der Waals surface area contributed by atoms with Crippen LogP contribution < -0.4 is 5.32 Å². The van der Waals surface area contributed by atoms with Crippen LogP contribution >= 0.6 is 0 Å². The summed E-state index contributed by atoms with van der Waals surface area (Å²) in [5.74, 6) is -0.668. The molecule has 2 amide bonds. The molecule has 0 aliphatic carbocycles. The highest BCUT2D eigenvalue weighted by Gasteiger charge is 2.21. The lowest BCUT2D eigenvalue weighted by molar-refractivity contribution is -0.130. The van der Waals surface area contributed by atoms with Crippen molar-refractivity contribution in [1.29, 1.82) is 0 Å². The minimum Gasteiger partial charge on any atom is -0.347 e. The third-order valence-electron chi connectivity index (χ3n) is 3.14. The summed E-state index contributed by atoms with van der Waals surface area (Å²) in [6.07, 6.45) is 0.635. The molecule has 2 rings (SSSR count). The molecule has 0 unspecified atom stereocenters. The molecular weight excluding hydrogens is 261 g/mol. The van der Waals surface area contributed by atoms with Crippen molar-refractivity contribution in [3.63, 3.8) is 0 Å². The van der Waals surface area contributed by atoms with Crippen molar-refractivity contribution in [3.05, 3.63) is 35.1 Å². The van der Waals surface area contributed by atoms with Gasteiger partial charge >= 0.3 is 0 Å². The average molecular weight is 277 g/mol. The highest BCUT2D eigenvalue weighted by molar-refractivity contribution is 6.39. The highest BCUT2D eigenvalue weighted by atomic mass is 19.1. The molecule has 0 radical (unpaired) electrons. The molecular formula is C14H16FN3O2. The lowest BCUT2D eigenvalue weighted by Crippen LogP contribution is -2.37. The molecule has 1 aliphatic rings. The Morgan fingerprint density at radius 1 is 1.45 bits per heavy atom. The Labute approximate surface area is 116 Å². The number of nitrogens with zero attached hydrogens (tertiary/aromatic N) is 2. The van der Waals surface area contributed by atoms with Gasteiger partial charge < -0.3 is 5.32 Å². The maximum Gasteiger partial charge on any atom is 0.267 e. The number of hydrogen-bond acceptors (Lipinski definition) is 3. The van der Waals surface area contributed by atoms with Gasteiger partial charge in [-0.3, -0.25) is 9.59 Å². The van der Waals surface area contributed by atoms with E-state index in [1.807, 2.05) is 0 Å². The van der Waals surface area contributed by atoms with Crippen molar-refractivity contribution < 1.29 is 14.0 Å². The van der Waals surface area contributed by atoms with E-state index < -0.39 is 0 Å². The number of halogens is 1. The predicted molar refractivity (Wildman–Crippen MR) is 72.4 cm³/mol. The summed E-state index contributed by atoms with van der Waals surface area (Å²) >= 11 is 0. The zero-order valence-electron chi connectivity index (χ0n) is 11.4. The Balaban J connectivity index is 1.97. The number of benzene rings is 1. The minimum atomic E-state index is -0.300. The summed E-state index contributed by atoms with van der Waals surface area (Å²) < 4.78 is 13.1. The lowest BCUT2D eigenvalue weighted by Gasteiger charge is -2.18. The second kappa shape index (κ2) is 5.81. The average Bonchev–Trinajstić information content (AvgIpc) is 2.43. The normalized spacial score (nSPS) is 15.1. The number of carbonyl (C=O) groups is 2. The lowest BCUT2D eigenvalue weighted by atomic mass is 10.1. The van der Waals surface area contributed by atoms with Crippen molar-refractivity contribution in [2.24, 2.45) is 5.10 Å². The molecule has 106 valence electrons. The maximum atomic E-state index is 13.1. The number of amides is 2. The summed E-state index contributed by atoms with van der Waals surface area (Å²) in [6.45, 7) is 1.98. The Morgan fingerprint density at radius 2 is 2.20 bits per heavy atom. The largest absolute Gasteiger partial charge is 0.347 e. The van der Waals surface area contributed by atoms with Crippen molar-refractivity contribution in [2.45, 2.75) is 26.3 Å². The van der Waals surface area contributed by atoms with E-state index in [4.69, 9.17) is 0 Å². The van der Waals surface area contributed by atoms with E-state index in [1.54, 1.807) is 19.1 Å². The van der Waals surface area contributed by atoms with Crippen LogP contribution in [0.4, 0.5) is 4.39 Å². The van der Waals surface area contributed by atoms with Gasteiger partial charge in [-0.25, -0.2) is 9.40 Å². The van der Waals surface area contributed by atoms with Crippen LogP contribution in [0.15, 0.2) is 23.3 Å². The molecule has 1 aromatic carbocycles. The van der Waals surface area contributed by atoms with E-state index in [2.05, 4.69) is 10.4 Å². The highest BCUT2D eigenvalue weighted by Crippen LogP contribution is 2.10. The Morgan fingerprint density at radius 3 is 2.85 bits per heavy atom. The zero-order chi connectivity index (χ0) is 14.7. The molecule has 6 heteroatoms. The third-order valence-corrected chi connectivity index (χ3v) is 3.14. The second-order valence-electron chi connectivity index (χ2n) is 4.73. The second-order valence-corrected chi connectivity index (χ2v) is 4.73. The fraction of sp³-hybridized carbons (Fsp3) is 0.357. The van der Waals surface area contributed by atoms with E-state index in [9.17, 15) is 14.0 Å². The van der Waals surface area contributed by atoms with Gasteiger partial charge in [0.05, 0.1) is 0 Å². The molecule has 1 aliphatic heterocycles. The van der Waals surface area contributed by atoms with Crippen molar-refractivity contribution in [2.75, 3.05) is 7.05 Å². The topological polar surface area (TPSA) is 61.8 Å². The first kappa shape index (κ1) is 14.2. The Kier molecular flexibility index (Phi) is 4.12. The number of aryl methyl sites for hydroxylation is 1. The van der Waals surface area contributed by atoms with Gasteiger partial charge in [0.15, 0.2) is 0 Å². The number of rotatable bonds is 3. The SMILES string of the molecule is Cc1cc(CNC(=O)C2=NN(C)C(=O)CC2)ccc1F. The van der Waals surface area contributed by atoms with E-state index in [0.717, 1.165) is 5.56 Å². The summed E-state index contributed by atoms with van der Waals surface area (Å²) in [5, 5.41) is 7.84. The summed E-state index contributed by atoms with van der Waals surface area (Å²) in [7, 11) is 1.53. The molecule has 0 atom stereocenters. The van der Waals surface area contributed by atoms with Gasteiger partial charge in [0.1, 0.15) is 11.5 Å². The monoisotopic (exact) mass is 277 g/mol. The molecule has 1 heterocycles. The number of carbonyl (C=O) groups excluding carboxylic acids is 2. The van der Waals surface area contributed by atoms with Crippen molar-refractivity contribution >= 4 is 17.5 Å². The number of nitrogens with one attached hydrogen (secondary N) is 1. The minimum absolute atomic E-state index is 0.101. The summed E-state index contributed by atoms with van der Waals surface area (Å²) in [5.41, 5.74) is 1.70. The third kappa shape index (κ3) is 3.20. The Bertz CT molecular complexity index is 584. The summed E-state index contributed by atoms with van der Waals surface area (Å²) in [6, 6.07) is 4.69.